The van der Waals surface area contributed by atoms with Gasteiger partial charge in [-0.1, -0.05) is 6.07 Å². The number of fused-ring (bicyclic) bond motifs is 1. The zero-order valence-corrected chi connectivity index (χ0v) is 12.6. The number of aryl methyl sites for hydroxylation is 1. The summed E-state index contributed by atoms with van der Waals surface area (Å²) in [5, 5.41) is 3.20. The molecule has 0 aromatic heterocycles. The number of carbonyl (C=O) groups is 1. The number of rotatable bonds is 1. The lowest BCUT2D eigenvalue weighted by atomic mass is 10.1. The number of hydrogen-bond donors (Lipinski definition) is 1. The number of anilines is 1. The molecule has 3 rings (SSSR count). The van der Waals surface area contributed by atoms with Gasteiger partial charge in [-0.2, -0.15) is 0 Å². The fourth-order valence-corrected chi connectivity index (χ4v) is 3.64. The van der Waals surface area contributed by atoms with Crippen LogP contribution >= 0.6 is 15.9 Å². The smallest absolute Gasteiger partial charge is 0.236 e. The van der Waals surface area contributed by atoms with E-state index in [1.54, 1.807) is 0 Å². The van der Waals surface area contributed by atoms with E-state index in [2.05, 4.69) is 51.3 Å². The molecular weight excluding hydrogens is 306 g/mol. The number of carbonyl (C=O) groups excluding carboxylic acids is 1. The number of benzene rings is 1. The van der Waals surface area contributed by atoms with Gasteiger partial charge in [0, 0.05) is 30.7 Å². The van der Waals surface area contributed by atoms with Crippen LogP contribution in [0.2, 0.25) is 0 Å². The molecule has 5 heteroatoms. The van der Waals surface area contributed by atoms with Gasteiger partial charge in [-0.25, -0.2) is 0 Å². The average molecular weight is 324 g/mol. The number of halogens is 1. The van der Waals surface area contributed by atoms with Crippen molar-refractivity contribution in [2.75, 3.05) is 37.6 Å². The molecule has 0 radical (unpaired) electrons. The minimum atomic E-state index is 0.235. The minimum Gasteiger partial charge on any atom is -0.367 e. The van der Waals surface area contributed by atoms with Crippen molar-refractivity contribution in [1.29, 1.82) is 0 Å². The van der Waals surface area contributed by atoms with Gasteiger partial charge in [-0.3, -0.25) is 4.79 Å². The molecular formula is C14H18BrN3O. The first-order chi connectivity index (χ1) is 9.15. The summed E-state index contributed by atoms with van der Waals surface area (Å²) in [4.78, 5) is 16.2. The van der Waals surface area contributed by atoms with Gasteiger partial charge < -0.3 is 15.1 Å². The van der Waals surface area contributed by atoms with Crippen molar-refractivity contribution in [3.63, 3.8) is 0 Å². The zero-order valence-electron chi connectivity index (χ0n) is 11.0. The fraction of sp³-hybridized carbons (Fsp3) is 0.500. The van der Waals surface area contributed by atoms with Crippen LogP contribution in [-0.4, -0.2) is 49.6 Å². The summed E-state index contributed by atoms with van der Waals surface area (Å²) in [6.07, 6.45) is 0. The highest BCUT2D eigenvalue weighted by molar-refractivity contribution is 9.10. The zero-order chi connectivity index (χ0) is 13.4. The number of nitrogens with one attached hydrogen (secondary N) is 1. The van der Waals surface area contributed by atoms with Gasteiger partial charge in [-0.15, -0.1) is 0 Å². The van der Waals surface area contributed by atoms with Crippen LogP contribution in [-0.2, 0) is 4.79 Å². The molecule has 1 atom stereocenters. The molecule has 19 heavy (non-hydrogen) atoms. The normalized spacial score (nSPS) is 23.5. The maximum atomic E-state index is 11.8. The molecule has 1 aromatic carbocycles. The molecule has 0 spiro atoms. The van der Waals surface area contributed by atoms with E-state index in [1.165, 1.54) is 11.3 Å². The van der Waals surface area contributed by atoms with Gasteiger partial charge in [0.15, 0.2) is 0 Å². The Bertz CT molecular complexity index is 505. The summed E-state index contributed by atoms with van der Waals surface area (Å²) in [6, 6.07) is 6.73. The van der Waals surface area contributed by atoms with Crippen molar-refractivity contribution in [3.8, 4) is 0 Å². The summed E-state index contributed by atoms with van der Waals surface area (Å²) in [5.41, 5.74) is 2.48. The summed E-state index contributed by atoms with van der Waals surface area (Å²) < 4.78 is 1.14. The highest BCUT2D eigenvalue weighted by Gasteiger charge is 2.33. The minimum absolute atomic E-state index is 0.235. The van der Waals surface area contributed by atoms with Crippen molar-refractivity contribution in [2.45, 2.75) is 13.0 Å². The van der Waals surface area contributed by atoms with Gasteiger partial charge in [-0.05, 0) is 40.5 Å². The lowest BCUT2D eigenvalue weighted by Gasteiger charge is -2.45. The maximum absolute atomic E-state index is 11.8. The summed E-state index contributed by atoms with van der Waals surface area (Å²) >= 11 is 3.64. The van der Waals surface area contributed by atoms with Crippen LogP contribution in [0.1, 0.15) is 5.56 Å². The molecule has 2 aliphatic rings. The lowest BCUT2D eigenvalue weighted by molar-refractivity contribution is -0.135. The molecule has 2 saturated heterocycles. The van der Waals surface area contributed by atoms with E-state index >= 15 is 0 Å². The van der Waals surface area contributed by atoms with Crippen LogP contribution in [0.3, 0.4) is 0 Å². The standard InChI is InChI=1S/C14H18BrN3O/c1-10-2-3-13(12(15)6-10)17-4-5-18-11(9-17)7-16-8-14(18)19/h2-3,6,11,16H,4-5,7-9H2,1H3. The highest BCUT2D eigenvalue weighted by Crippen LogP contribution is 2.29. The second-order valence-electron chi connectivity index (χ2n) is 5.27. The molecule has 102 valence electrons. The van der Waals surface area contributed by atoms with E-state index in [1.807, 2.05) is 4.90 Å². The molecule has 0 bridgehead atoms. The Kier molecular flexibility index (Phi) is 3.50. The van der Waals surface area contributed by atoms with E-state index < -0.39 is 0 Å². The van der Waals surface area contributed by atoms with Gasteiger partial charge in [0.25, 0.3) is 0 Å². The Morgan fingerprint density at radius 3 is 3.00 bits per heavy atom. The van der Waals surface area contributed by atoms with Crippen molar-refractivity contribution >= 4 is 27.5 Å². The molecule has 0 saturated carbocycles. The number of hydrogen-bond acceptors (Lipinski definition) is 3. The average Bonchev–Trinajstić information content (AvgIpc) is 2.38. The highest BCUT2D eigenvalue weighted by atomic mass is 79.9. The number of piperazine rings is 2. The van der Waals surface area contributed by atoms with Crippen LogP contribution in [0.15, 0.2) is 22.7 Å². The maximum Gasteiger partial charge on any atom is 0.236 e. The molecule has 0 aliphatic carbocycles. The van der Waals surface area contributed by atoms with Gasteiger partial charge in [0.2, 0.25) is 5.91 Å². The van der Waals surface area contributed by atoms with E-state index in [0.717, 1.165) is 30.7 Å². The second-order valence-corrected chi connectivity index (χ2v) is 6.13. The number of nitrogens with zero attached hydrogens (tertiary/aromatic N) is 2. The first kappa shape index (κ1) is 12.9. The van der Waals surface area contributed by atoms with Gasteiger partial charge in [0.05, 0.1) is 18.3 Å². The van der Waals surface area contributed by atoms with E-state index in [9.17, 15) is 4.79 Å². The largest absolute Gasteiger partial charge is 0.367 e. The van der Waals surface area contributed by atoms with E-state index in [-0.39, 0.29) is 5.91 Å². The second kappa shape index (κ2) is 5.13. The SMILES string of the molecule is Cc1ccc(N2CCN3C(=O)CNCC3C2)c(Br)c1. The molecule has 2 heterocycles. The Morgan fingerprint density at radius 1 is 1.37 bits per heavy atom. The van der Waals surface area contributed by atoms with Gasteiger partial charge in [0.1, 0.15) is 0 Å². The van der Waals surface area contributed by atoms with E-state index in [0.29, 0.717) is 12.6 Å². The van der Waals surface area contributed by atoms with Crippen LogP contribution in [0.25, 0.3) is 0 Å². The molecule has 1 unspecified atom stereocenters. The quantitative estimate of drug-likeness (QED) is 0.848. The van der Waals surface area contributed by atoms with Crippen LogP contribution in [0, 0.1) is 6.92 Å². The molecule has 2 aliphatic heterocycles. The molecule has 4 nitrogen and oxygen atoms in total. The lowest BCUT2D eigenvalue weighted by Crippen LogP contribution is -2.63. The van der Waals surface area contributed by atoms with Crippen LogP contribution in [0.5, 0.6) is 0 Å². The van der Waals surface area contributed by atoms with Crippen molar-refractivity contribution in [2.24, 2.45) is 0 Å². The van der Waals surface area contributed by atoms with E-state index in [4.69, 9.17) is 0 Å². The van der Waals surface area contributed by atoms with Crippen LogP contribution in [0.4, 0.5) is 5.69 Å². The molecule has 1 amide bonds. The molecule has 1 N–H and O–H groups in total. The van der Waals surface area contributed by atoms with Gasteiger partial charge >= 0.3 is 0 Å². The molecule has 2 fully saturated rings. The third-order valence-corrected chi connectivity index (χ3v) is 4.54. The van der Waals surface area contributed by atoms with Crippen molar-refractivity contribution < 1.29 is 4.79 Å². The number of amides is 1. The Balaban J connectivity index is 1.79. The third kappa shape index (κ3) is 2.49. The predicted octanol–water partition coefficient (Wildman–Crippen LogP) is 1.38. The molecule has 1 aromatic rings. The topological polar surface area (TPSA) is 35.6 Å². The summed E-state index contributed by atoms with van der Waals surface area (Å²) in [6.45, 7) is 6.11. The third-order valence-electron chi connectivity index (χ3n) is 3.90. The first-order valence-corrected chi connectivity index (χ1v) is 7.46. The van der Waals surface area contributed by atoms with Crippen LogP contribution < -0.4 is 10.2 Å². The van der Waals surface area contributed by atoms with Crippen molar-refractivity contribution in [3.05, 3.63) is 28.2 Å². The fourth-order valence-electron chi connectivity index (χ4n) is 2.89. The Hall–Kier alpha value is -1.07. The Morgan fingerprint density at radius 2 is 2.21 bits per heavy atom. The Labute approximate surface area is 121 Å². The monoisotopic (exact) mass is 323 g/mol. The predicted molar refractivity (Wildman–Crippen MR) is 79.5 cm³/mol. The first-order valence-electron chi connectivity index (χ1n) is 6.66. The van der Waals surface area contributed by atoms with Crippen molar-refractivity contribution in [1.82, 2.24) is 10.2 Å². The summed E-state index contributed by atoms with van der Waals surface area (Å²) in [7, 11) is 0. The summed E-state index contributed by atoms with van der Waals surface area (Å²) in [5.74, 6) is 0.235.